The second-order valence-electron chi connectivity index (χ2n) is 4.14. The van der Waals surface area contributed by atoms with Crippen LogP contribution in [0, 0.1) is 0 Å². The van der Waals surface area contributed by atoms with E-state index >= 15 is 0 Å². The first-order valence-corrected chi connectivity index (χ1v) is 7.10. The van der Waals surface area contributed by atoms with Gasteiger partial charge in [0.05, 0.1) is 11.6 Å². The quantitative estimate of drug-likeness (QED) is 0.890. The van der Waals surface area contributed by atoms with E-state index in [4.69, 9.17) is 11.6 Å². The Kier molecular flexibility index (Phi) is 6.31. The molecule has 0 aromatic heterocycles. The summed E-state index contributed by atoms with van der Waals surface area (Å²) in [5, 5.41) is 3.19. The molecule has 1 aromatic carbocycles. The van der Waals surface area contributed by atoms with Gasteiger partial charge in [0.15, 0.2) is 0 Å². The summed E-state index contributed by atoms with van der Waals surface area (Å²) in [4.78, 5) is 25.0. The highest BCUT2D eigenvalue weighted by Crippen LogP contribution is 2.23. The van der Waals surface area contributed by atoms with Crippen LogP contribution in [-0.2, 0) is 4.79 Å². The van der Waals surface area contributed by atoms with Crippen molar-refractivity contribution in [3.8, 4) is 0 Å². The van der Waals surface area contributed by atoms with E-state index in [0.29, 0.717) is 17.1 Å². The molecule has 0 radical (unpaired) electrons. The van der Waals surface area contributed by atoms with Crippen LogP contribution < -0.4 is 5.32 Å². The number of rotatable bonds is 5. The molecule has 1 N–H and O–H groups in total. The molecule has 4 nitrogen and oxygen atoms in total. The number of nitrogens with zero attached hydrogens (tertiary/aromatic N) is 1. The van der Waals surface area contributed by atoms with Crippen molar-refractivity contribution in [3.63, 3.8) is 0 Å². The summed E-state index contributed by atoms with van der Waals surface area (Å²) >= 11 is 9.20. The molecule has 2 amide bonds. The largest absolute Gasteiger partial charge is 0.355 e. The van der Waals surface area contributed by atoms with Crippen LogP contribution >= 0.6 is 27.5 Å². The third-order valence-electron chi connectivity index (χ3n) is 2.47. The molecule has 0 aliphatic rings. The Morgan fingerprint density at radius 2 is 2.11 bits per heavy atom. The molecular formula is C13H16BrClN2O2. The van der Waals surface area contributed by atoms with E-state index in [1.165, 1.54) is 4.90 Å². The van der Waals surface area contributed by atoms with E-state index in [2.05, 4.69) is 21.2 Å². The van der Waals surface area contributed by atoms with Gasteiger partial charge in [-0.1, -0.05) is 18.5 Å². The Hall–Kier alpha value is -1.07. The third kappa shape index (κ3) is 4.84. The zero-order valence-electron chi connectivity index (χ0n) is 10.9. The number of nitrogens with one attached hydrogen (secondary N) is 1. The van der Waals surface area contributed by atoms with Crippen LogP contribution in [0.1, 0.15) is 23.7 Å². The fourth-order valence-corrected chi connectivity index (χ4v) is 1.88. The highest BCUT2D eigenvalue weighted by molar-refractivity contribution is 9.10. The van der Waals surface area contributed by atoms with Gasteiger partial charge in [-0.25, -0.2) is 0 Å². The van der Waals surface area contributed by atoms with Gasteiger partial charge in [-0.05, 0) is 40.5 Å². The molecule has 0 atom stereocenters. The van der Waals surface area contributed by atoms with Gasteiger partial charge in [-0.15, -0.1) is 0 Å². The molecule has 6 heteroatoms. The predicted octanol–water partition coefficient (Wildman–Crippen LogP) is 2.70. The van der Waals surface area contributed by atoms with Crippen molar-refractivity contribution in [1.82, 2.24) is 10.2 Å². The second kappa shape index (κ2) is 7.50. The summed E-state index contributed by atoms with van der Waals surface area (Å²) in [5.74, 6) is -0.401. The van der Waals surface area contributed by atoms with Crippen molar-refractivity contribution in [1.29, 1.82) is 0 Å². The van der Waals surface area contributed by atoms with Gasteiger partial charge in [0.2, 0.25) is 5.91 Å². The summed E-state index contributed by atoms with van der Waals surface area (Å²) in [5.41, 5.74) is 0.457. The van der Waals surface area contributed by atoms with E-state index in [-0.39, 0.29) is 18.4 Å². The van der Waals surface area contributed by atoms with Gasteiger partial charge in [-0.3, -0.25) is 9.59 Å². The minimum absolute atomic E-state index is 0.0342. The molecule has 0 aliphatic carbocycles. The highest BCUT2D eigenvalue weighted by atomic mass is 79.9. The first-order chi connectivity index (χ1) is 8.95. The predicted molar refractivity (Wildman–Crippen MR) is 79.4 cm³/mol. The smallest absolute Gasteiger partial charge is 0.254 e. The lowest BCUT2D eigenvalue weighted by Crippen LogP contribution is -2.38. The number of hydrogen-bond acceptors (Lipinski definition) is 2. The number of hydrogen-bond donors (Lipinski definition) is 1. The number of halogens is 2. The van der Waals surface area contributed by atoms with Crippen molar-refractivity contribution >= 4 is 39.3 Å². The minimum Gasteiger partial charge on any atom is -0.355 e. The van der Waals surface area contributed by atoms with Gasteiger partial charge < -0.3 is 10.2 Å². The van der Waals surface area contributed by atoms with E-state index in [9.17, 15) is 9.59 Å². The van der Waals surface area contributed by atoms with Crippen LogP contribution in [0.4, 0.5) is 0 Å². The lowest BCUT2D eigenvalue weighted by Gasteiger charge is -2.17. The molecular weight excluding hydrogens is 332 g/mol. The fourth-order valence-electron chi connectivity index (χ4n) is 1.46. The number of carbonyl (C=O) groups is 2. The molecule has 1 aromatic rings. The molecule has 0 saturated carbocycles. The second-order valence-corrected chi connectivity index (χ2v) is 5.40. The molecule has 19 heavy (non-hydrogen) atoms. The van der Waals surface area contributed by atoms with Gasteiger partial charge in [0.1, 0.15) is 0 Å². The maximum absolute atomic E-state index is 12.1. The van der Waals surface area contributed by atoms with Gasteiger partial charge >= 0.3 is 0 Å². The molecule has 1 rings (SSSR count). The number of amides is 2. The first-order valence-electron chi connectivity index (χ1n) is 5.93. The summed E-state index contributed by atoms with van der Waals surface area (Å²) in [6.45, 7) is 2.62. The Bertz CT molecular complexity index is 480. The maximum atomic E-state index is 12.1. The summed E-state index contributed by atoms with van der Waals surface area (Å²) in [7, 11) is 1.59. The molecule has 0 spiro atoms. The first kappa shape index (κ1) is 16.0. The lowest BCUT2D eigenvalue weighted by molar-refractivity contribution is -0.121. The van der Waals surface area contributed by atoms with Crippen molar-refractivity contribution in [3.05, 3.63) is 33.3 Å². The minimum atomic E-state index is -0.235. The van der Waals surface area contributed by atoms with Gasteiger partial charge in [0.25, 0.3) is 5.91 Å². The fraction of sp³-hybridized carbons (Fsp3) is 0.385. The molecule has 0 saturated heterocycles. The monoisotopic (exact) mass is 346 g/mol. The Balaban J connectivity index is 2.66. The molecule has 104 valence electrons. The van der Waals surface area contributed by atoms with E-state index in [1.807, 2.05) is 6.92 Å². The standard InChI is InChI=1S/C13H16BrClN2O2/c1-3-6-16-12(18)8-17(2)13(19)9-4-5-10(14)11(15)7-9/h4-5,7H,3,6,8H2,1-2H3,(H,16,18). The third-order valence-corrected chi connectivity index (χ3v) is 3.70. The highest BCUT2D eigenvalue weighted by Gasteiger charge is 2.15. The van der Waals surface area contributed by atoms with E-state index in [1.54, 1.807) is 25.2 Å². The summed E-state index contributed by atoms with van der Waals surface area (Å²) in [6, 6.07) is 4.95. The number of benzene rings is 1. The topological polar surface area (TPSA) is 49.4 Å². The number of carbonyl (C=O) groups excluding carboxylic acids is 2. The van der Waals surface area contributed by atoms with Crippen molar-refractivity contribution in [2.24, 2.45) is 0 Å². The van der Waals surface area contributed by atoms with Crippen LogP contribution in [0.3, 0.4) is 0 Å². The van der Waals surface area contributed by atoms with Crippen LogP contribution in [0.5, 0.6) is 0 Å². The van der Waals surface area contributed by atoms with Crippen molar-refractivity contribution in [2.45, 2.75) is 13.3 Å². The number of likely N-dealkylation sites (N-methyl/N-ethyl adjacent to an activating group) is 1. The Morgan fingerprint density at radius 1 is 1.42 bits per heavy atom. The normalized spacial score (nSPS) is 10.1. The summed E-state index contributed by atoms with van der Waals surface area (Å²) < 4.78 is 0.731. The van der Waals surface area contributed by atoms with Gasteiger partial charge in [0, 0.05) is 23.6 Å². The van der Waals surface area contributed by atoms with E-state index < -0.39 is 0 Å². The Morgan fingerprint density at radius 3 is 2.68 bits per heavy atom. The zero-order chi connectivity index (χ0) is 14.4. The van der Waals surface area contributed by atoms with Crippen LogP contribution in [0.15, 0.2) is 22.7 Å². The maximum Gasteiger partial charge on any atom is 0.254 e. The van der Waals surface area contributed by atoms with Crippen LogP contribution in [-0.4, -0.2) is 36.9 Å². The van der Waals surface area contributed by atoms with E-state index in [0.717, 1.165) is 10.9 Å². The SMILES string of the molecule is CCCNC(=O)CN(C)C(=O)c1ccc(Br)c(Cl)c1. The van der Waals surface area contributed by atoms with Crippen molar-refractivity contribution < 1.29 is 9.59 Å². The molecule has 0 heterocycles. The Labute approximate surface area is 126 Å². The average Bonchev–Trinajstić information content (AvgIpc) is 2.38. The molecule has 0 bridgehead atoms. The average molecular weight is 348 g/mol. The molecule has 0 aliphatic heterocycles. The van der Waals surface area contributed by atoms with Crippen LogP contribution in [0.2, 0.25) is 5.02 Å². The molecule has 0 unspecified atom stereocenters. The van der Waals surface area contributed by atoms with Crippen LogP contribution in [0.25, 0.3) is 0 Å². The zero-order valence-corrected chi connectivity index (χ0v) is 13.2. The molecule has 0 fully saturated rings. The van der Waals surface area contributed by atoms with Crippen molar-refractivity contribution in [2.75, 3.05) is 20.1 Å². The van der Waals surface area contributed by atoms with Gasteiger partial charge in [-0.2, -0.15) is 0 Å². The lowest BCUT2D eigenvalue weighted by atomic mass is 10.2. The summed E-state index contributed by atoms with van der Waals surface area (Å²) in [6.07, 6.45) is 0.867.